The molecule has 0 aliphatic rings. The highest BCUT2D eigenvalue weighted by Gasteiger charge is 2.07. The lowest BCUT2D eigenvalue weighted by molar-refractivity contribution is 0.0492. The minimum absolute atomic E-state index is 0.119. The molecule has 2 rings (SSSR count). The smallest absolute Gasteiger partial charge is 0.338 e. The molecule has 106 valence electrons. The Labute approximate surface area is 126 Å². The first-order valence-electron chi connectivity index (χ1n) is 6.94. The average Bonchev–Trinajstić information content (AvgIpc) is 2.52. The average molecular weight is 280 g/mol. The van der Waals surface area contributed by atoms with Crippen LogP contribution in [0.2, 0.25) is 0 Å². The Bertz CT molecular complexity index is 576. The van der Waals surface area contributed by atoms with Crippen LogP contribution in [-0.2, 0) is 4.74 Å². The number of rotatable bonds is 6. The molecule has 0 aliphatic heterocycles. The predicted molar refractivity (Wildman–Crippen MR) is 83.9 cm³/mol. The molecular formula is C17H17BO3. The third-order valence-electron chi connectivity index (χ3n) is 3.15. The van der Waals surface area contributed by atoms with Crippen molar-refractivity contribution in [2.45, 2.75) is 12.8 Å². The van der Waals surface area contributed by atoms with Crippen molar-refractivity contribution < 1.29 is 14.6 Å². The van der Waals surface area contributed by atoms with Gasteiger partial charge in [0.1, 0.15) is 7.85 Å². The lowest BCUT2D eigenvalue weighted by Crippen LogP contribution is -2.06. The van der Waals surface area contributed by atoms with E-state index in [2.05, 4.69) is 0 Å². The Kier molecular flexibility index (Phi) is 5.58. The van der Waals surface area contributed by atoms with Crippen LogP contribution in [0.15, 0.2) is 48.5 Å². The Morgan fingerprint density at radius 2 is 1.52 bits per heavy atom. The Morgan fingerprint density at radius 1 is 0.952 bits per heavy atom. The monoisotopic (exact) mass is 280 g/mol. The van der Waals surface area contributed by atoms with Crippen LogP contribution in [0.5, 0.6) is 0 Å². The van der Waals surface area contributed by atoms with Crippen LogP contribution in [0.3, 0.4) is 0 Å². The van der Waals surface area contributed by atoms with Gasteiger partial charge in [-0.15, -0.1) is 0 Å². The van der Waals surface area contributed by atoms with E-state index in [-0.39, 0.29) is 12.6 Å². The molecule has 0 unspecified atom stereocenters. The van der Waals surface area contributed by atoms with Crippen LogP contribution in [-0.4, -0.2) is 32.1 Å². The number of hydrogen-bond donors (Lipinski definition) is 1. The zero-order valence-corrected chi connectivity index (χ0v) is 11.8. The van der Waals surface area contributed by atoms with Crippen molar-refractivity contribution in [3.8, 4) is 11.1 Å². The van der Waals surface area contributed by atoms with Gasteiger partial charge < -0.3 is 9.84 Å². The second-order valence-electron chi connectivity index (χ2n) is 4.77. The maximum Gasteiger partial charge on any atom is 0.338 e. The first-order chi connectivity index (χ1) is 10.2. The molecule has 0 bridgehead atoms. The summed E-state index contributed by atoms with van der Waals surface area (Å²) in [5.41, 5.74) is 3.32. The van der Waals surface area contributed by atoms with Gasteiger partial charge in [0.05, 0.1) is 12.2 Å². The van der Waals surface area contributed by atoms with Crippen molar-refractivity contribution in [1.82, 2.24) is 0 Å². The maximum atomic E-state index is 11.8. The van der Waals surface area contributed by atoms with E-state index in [4.69, 9.17) is 17.7 Å². The standard InChI is InChI=1S/C17H17BO3/c18-16-9-7-14(8-10-16)13-3-5-15(6-4-13)17(20)21-12-2-1-11-19/h3-10,19H,1-2,11-12H2. The zero-order valence-electron chi connectivity index (χ0n) is 11.8. The molecule has 4 heteroatoms. The molecule has 2 radical (unpaired) electrons. The number of carbonyl (C=O) groups is 1. The van der Waals surface area contributed by atoms with E-state index in [1.807, 2.05) is 36.4 Å². The van der Waals surface area contributed by atoms with Crippen LogP contribution in [0.1, 0.15) is 23.2 Å². The van der Waals surface area contributed by atoms with Gasteiger partial charge in [0, 0.05) is 6.61 Å². The molecule has 2 aromatic carbocycles. The van der Waals surface area contributed by atoms with Crippen LogP contribution < -0.4 is 5.46 Å². The molecule has 0 fully saturated rings. The van der Waals surface area contributed by atoms with Crippen molar-refractivity contribution in [3.63, 3.8) is 0 Å². The van der Waals surface area contributed by atoms with Crippen LogP contribution in [0.4, 0.5) is 0 Å². The van der Waals surface area contributed by atoms with Crippen molar-refractivity contribution in [2.24, 2.45) is 0 Å². The van der Waals surface area contributed by atoms with Gasteiger partial charge in [-0.1, -0.05) is 41.9 Å². The SMILES string of the molecule is [B]c1ccc(-c2ccc(C(=O)OCCCCO)cc2)cc1. The summed E-state index contributed by atoms with van der Waals surface area (Å²) in [6.45, 7) is 0.451. The molecule has 0 spiro atoms. The van der Waals surface area contributed by atoms with Gasteiger partial charge in [-0.05, 0) is 36.1 Å². The van der Waals surface area contributed by atoms with E-state index in [0.29, 0.717) is 25.0 Å². The van der Waals surface area contributed by atoms with Crippen molar-refractivity contribution >= 4 is 19.3 Å². The molecular weight excluding hydrogens is 263 g/mol. The molecule has 0 heterocycles. The largest absolute Gasteiger partial charge is 0.462 e. The lowest BCUT2D eigenvalue weighted by atomic mass is 9.93. The number of esters is 1. The molecule has 1 N–H and O–H groups in total. The topological polar surface area (TPSA) is 46.5 Å². The number of unbranched alkanes of at least 4 members (excludes halogenated alkanes) is 1. The van der Waals surface area contributed by atoms with E-state index in [1.165, 1.54) is 0 Å². The summed E-state index contributed by atoms with van der Waals surface area (Å²) in [4.78, 5) is 11.8. The fraction of sp³-hybridized carbons (Fsp3) is 0.235. The van der Waals surface area contributed by atoms with E-state index in [1.54, 1.807) is 12.1 Å². The third kappa shape index (κ3) is 4.47. The maximum absolute atomic E-state index is 11.8. The summed E-state index contributed by atoms with van der Waals surface area (Å²) < 4.78 is 5.12. The molecule has 0 atom stereocenters. The molecule has 0 aliphatic carbocycles. The highest BCUT2D eigenvalue weighted by Crippen LogP contribution is 2.19. The molecule has 2 aromatic rings. The molecule has 0 saturated heterocycles. The highest BCUT2D eigenvalue weighted by molar-refractivity contribution is 6.32. The van der Waals surface area contributed by atoms with Crippen molar-refractivity contribution in [3.05, 3.63) is 54.1 Å². The van der Waals surface area contributed by atoms with Gasteiger partial charge in [-0.2, -0.15) is 0 Å². The van der Waals surface area contributed by atoms with Crippen molar-refractivity contribution in [1.29, 1.82) is 0 Å². The van der Waals surface area contributed by atoms with Gasteiger partial charge in [0.25, 0.3) is 0 Å². The molecule has 0 amide bonds. The van der Waals surface area contributed by atoms with Gasteiger partial charge >= 0.3 is 5.97 Å². The first-order valence-corrected chi connectivity index (χ1v) is 6.94. The summed E-state index contributed by atoms with van der Waals surface area (Å²) in [6, 6.07) is 14.8. The number of aliphatic hydroxyl groups is 1. The lowest BCUT2D eigenvalue weighted by Gasteiger charge is -2.06. The minimum Gasteiger partial charge on any atom is -0.462 e. The summed E-state index contributed by atoms with van der Waals surface area (Å²) >= 11 is 0. The van der Waals surface area contributed by atoms with E-state index < -0.39 is 0 Å². The van der Waals surface area contributed by atoms with Crippen LogP contribution in [0.25, 0.3) is 11.1 Å². The summed E-state index contributed by atoms with van der Waals surface area (Å²) in [6.07, 6.45) is 1.31. The molecule has 3 nitrogen and oxygen atoms in total. The van der Waals surface area contributed by atoms with Gasteiger partial charge in [-0.25, -0.2) is 4.79 Å². The second-order valence-corrected chi connectivity index (χ2v) is 4.77. The summed E-state index contributed by atoms with van der Waals surface area (Å²) in [5, 5.41) is 8.66. The van der Waals surface area contributed by atoms with Crippen LogP contribution >= 0.6 is 0 Å². The van der Waals surface area contributed by atoms with Gasteiger partial charge in [0.15, 0.2) is 0 Å². The zero-order chi connectivity index (χ0) is 15.1. The van der Waals surface area contributed by atoms with Gasteiger partial charge in [0.2, 0.25) is 0 Å². The number of ether oxygens (including phenoxy) is 1. The Hall–Kier alpha value is -2.07. The van der Waals surface area contributed by atoms with E-state index in [0.717, 1.165) is 16.6 Å². The fourth-order valence-corrected chi connectivity index (χ4v) is 1.94. The second kappa shape index (κ2) is 7.65. The number of benzene rings is 2. The molecule has 0 saturated carbocycles. The molecule has 0 aromatic heterocycles. The third-order valence-corrected chi connectivity index (χ3v) is 3.15. The Balaban J connectivity index is 1.98. The number of aliphatic hydroxyl groups excluding tert-OH is 1. The summed E-state index contributed by atoms with van der Waals surface area (Å²) in [5.74, 6) is -0.336. The number of hydrogen-bond acceptors (Lipinski definition) is 3. The van der Waals surface area contributed by atoms with Crippen LogP contribution in [0, 0.1) is 0 Å². The molecule has 21 heavy (non-hydrogen) atoms. The number of carbonyl (C=O) groups excluding carboxylic acids is 1. The minimum atomic E-state index is -0.336. The summed E-state index contributed by atoms with van der Waals surface area (Å²) in [7, 11) is 5.66. The fourth-order valence-electron chi connectivity index (χ4n) is 1.94. The highest BCUT2D eigenvalue weighted by atomic mass is 16.5. The van der Waals surface area contributed by atoms with Crippen molar-refractivity contribution in [2.75, 3.05) is 13.2 Å². The predicted octanol–water partition coefficient (Wildman–Crippen LogP) is 2.08. The quantitative estimate of drug-likeness (QED) is 0.500. The Morgan fingerprint density at radius 3 is 2.10 bits per heavy atom. The van der Waals surface area contributed by atoms with E-state index in [9.17, 15) is 4.79 Å². The first kappa shape index (κ1) is 15.3. The van der Waals surface area contributed by atoms with Gasteiger partial charge in [-0.3, -0.25) is 0 Å². The van der Waals surface area contributed by atoms with E-state index >= 15 is 0 Å². The normalized spacial score (nSPS) is 10.3.